The third-order valence-electron chi connectivity index (χ3n) is 1.11. The Labute approximate surface area is 67.3 Å². The first-order chi connectivity index (χ1) is 5.57. The molecule has 1 unspecified atom stereocenters. The van der Waals surface area contributed by atoms with E-state index in [9.17, 15) is 13.6 Å². The van der Waals surface area contributed by atoms with Gasteiger partial charge in [0.1, 0.15) is 0 Å². The van der Waals surface area contributed by atoms with Crippen molar-refractivity contribution in [1.82, 2.24) is 10.9 Å². The second kappa shape index (κ2) is 5.67. The standard InChI is InChI=1S/C5H10F2N2O3/c6-4(7)3(1-2-10)8-9-5(11)12/h3-4,8-10H,1-2H2,(H,11,12). The van der Waals surface area contributed by atoms with Gasteiger partial charge in [-0.15, -0.1) is 0 Å². The lowest BCUT2D eigenvalue weighted by molar-refractivity contribution is 0.0754. The maximum atomic E-state index is 11.9. The highest BCUT2D eigenvalue weighted by Crippen LogP contribution is 2.03. The van der Waals surface area contributed by atoms with E-state index in [2.05, 4.69) is 0 Å². The summed E-state index contributed by atoms with van der Waals surface area (Å²) in [6, 6.07) is -1.36. The minimum absolute atomic E-state index is 0.210. The second-order valence-electron chi connectivity index (χ2n) is 2.03. The van der Waals surface area contributed by atoms with E-state index in [-0.39, 0.29) is 6.42 Å². The Morgan fingerprint density at radius 2 is 2.08 bits per heavy atom. The summed E-state index contributed by atoms with van der Waals surface area (Å²) in [5.74, 6) is 0. The lowest BCUT2D eigenvalue weighted by Gasteiger charge is -2.15. The first-order valence-corrected chi connectivity index (χ1v) is 3.21. The highest BCUT2D eigenvalue weighted by molar-refractivity contribution is 5.63. The number of hydrogen-bond acceptors (Lipinski definition) is 3. The van der Waals surface area contributed by atoms with Gasteiger partial charge >= 0.3 is 6.09 Å². The van der Waals surface area contributed by atoms with Gasteiger partial charge in [0.2, 0.25) is 0 Å². The Kier molecular flexibility index (Phi) is 5.22. The lowest BCUT2D eigenvalue weighted by atomic mass is 10.2. The van der Waals surface area contributed by atoms with Crippen LogP contribution in [0.4, 0.5) is 13.6 Å². The molecule has 1 amide bonds. The van der Waals surface area contributed by atoms with Crippen LogP contribution in [0.15, 0.2) is 0 Å². The molecule has 0 aromatic heterocycles. The fourth-order valence-electron chi connectivity index (χ4n) is 0.555. The number of aliphatic hydroxyl groups is 1. The molecule has 0 aromatic carbocycles. The maximum absolute atomic E-state index is 11.9. The van der Waals surface area contributed by atoms with Crippen molar-refractivity contribution < 1.29 is 23.8 Å². The first kappa shape index (κ1) is 11.1. The average Bonchev–Trinajstić information content (AvgIpc) is 1.96. The zero-order valence-electron chi connectivity index (χ0n) is 6.13. The van der Waals surface area contributed by atoms with Crippen LogP contribution in [-0.4, -0.2) is 35.4 Å². The summed E-state index contributed by atoms with van der Waals surface area (Å²) >= 11 is 0. The van der Waals surface area contributed by atoms with Gasteiger partial charge in [-0.25, -0.2) is 19.0 Å². The van der Waals surface area contributed by atoms with Gasteiger partial charge in [0.25, 0.3) is 6.43 Å². The summed E-state index contributed by atoms with van der Waals surface area (Å²) in [4.78, 5) is 9.85. The van der Waals surface area contributed by atoms with Crippen LogP contribution in [0, 0.1) is 0 Å². The number of carbonyl (C=O) groups is 1. The number of nitrogens with one attached hydrogen (secondary N) is 2. The highest BCUT2D eigenvalue weighted by Gasteiger charge is 2.19. The summed E-state index contributed by atoms with van der Waals surface area (Å²) < 4.78 is 23.9. The third-order valence-corrected chi connectivity index (χ3v) is 1.11. The third kappa shape index (κ3) is 4.80. The predicted octanol–water partition coefficient (Wildman–Crippen LogP) is -0.225. The fraction of sp³-hybridized carbons (Fsp3) is 0.800. The van der Waals surface area contributed by atoms with Crippen LogP contribution in [0.3, 0.4) is 0 Å². The Morgan fingerprint density at radius 1 is 1.50 bits per heavy atom. The second-order valence-corrected chi connectivity index (χ2v) is 2.03. The molecule has 0 rings (SSSR count). The van der Waals surface area contributed by atoms with Gasteiger partial charge in [-0.2, -0.15) is 0 Å². The smallest absolute Gasteiger partial charge is 0.419 e. The van der Waals surface area contributed by atoms with Crippen molar-refractivity contribution >= 4 is 6.09 Å². The highest BCUT2D eigenvalue weighted by atomic mass is 19.3. The number of aliphatic hydroxyl groups excluding tert-OH is 1. The van der Waals surface area contributed by atoms with Gasteiger partial charge in [-0.05, 0) is 6.42 Å². The molecule has 0 saturated heterocycles. The predicted molar refractivity (Wildman–Crippen MR) is 35.8 cm³/mol. The van der Waals surface area contributed by atoms with Gasteiger partial charge in [0.15, 0.2) is 0 Å². The molecular formula is C5H10F2N2O3. The van der Waals surface area contributed by atoms with Crippen LogP contribution in [0.1, 0.15) is 6.42 Å². The molecule has 0 fully saturated rings. The van der Waals surface area contributed by atoms with E-state index in [1.807, 2.05) is 5.43 Å². The van der Waals surface area contributed by atoms with E-state index >= 15 is 0 Å². The molecule has 5 nitrogen and oxygen atoms in total. The summed E-state index contributed by atoms with van der Waals surface area (Å²) in [6.07, 6.45) is -4.37. The van der Waals surface area contributed by atoms with Gasteiger partial charge in [-0.3, -0.25) is 5.43 Å². The topological polar surface area (TPSA) is 81.6 Å². The number of alkyl halides is 2. The molecule has 7 heteroatoms. The zero-order valence-corrected chi connectivity index (χ0v) is 6.13. The van der Waals surface area contributed by atoms with Crippen LogP contribution in [-0.2, 0) is 0 Å². The van der Waals surface area contributed by atoms with E-state index in [1.54, 1.807) is 5.43 Å². The number of amides is 1. The van der Waals surface area contributed by atoms with Gasteiger partial charge in [-0.1, -0.05) is 0 Å². The van der Waals surface area contributed by atoms with Crippen LogP contribution >= 0.6 is 0 Å². The Balaban J connectivity index is 3.70. The van der Waals surface area contributed by atoms with Crippen LogP contribution in [0.5, 0.6) is 0 Å². The molecule has 12 heavy (non-hydrogen) atoms. The number of hydrogen-bond donors (Lipinski definition) is 4. The van der Waals surface area contributed by atoms with E-state index in [1.165, 1.54) is 0 Å². The molecule has 0 saturated carbocycles. The summed E-state index contributed by atoms with van der Waals surface area (Å²) in [6.45, 7) is -0.427. The number of carboxylic acid groups (broad SMARTS) is 1. The SMILES string of the molecule is O=C(O)NNC(CCO)C(F)F. The summed E-state index contributed by atoms with van der Waals surface area (Å²) in [5, 5.41) is 16.3. The molecule has 0 bridgehead atoms. The van der Waals surface area contributed by atoms with Gasteiger partial charge in [0, 0.05) is 6.61 Å². The molecule has 0 aliphatic carbocycles. The molecule has 1 atom stereocenters. The Morgan fingerprint density at radius 3 is 2.42 bits per heavy atom. The minimum Gasteiger partial charge on any atom is -0.464 e. The monoisotopic (exact) mass is 184 g/mol. The molecule has 0 spiro atoms. The minimum atomic E-state index is -2.72. The molecule has 0 aromatic rings. The number of hydrazine groups is 1. The largest absolute Gasteiger partial charge is 0.464 e. The van der Waals surface area contributed by atoms with Gasteiger partial charge in [0.05, 0.1) is 6.04 Å². The van der Waals surface area contributed by atoms with Crippen molar-refractivity contribution in [1.29, 1.82) is 0 Å². The molecule has 0 aliphatic rings. The lowest BCUT2D eigenvalue weighted by Crippen LogP contribution is -2.47. The summed E-state index contributed by atoms with van der Waals surface area (Å²) in [5.41, 5.74) is 3.45. The van der Waals surface area contributed by atoms with Crippen LogP contribution in [0.25, 0.3) is 0 Å². The van der Waals surface area contributed by atoms with E-state index in [0.29, 0.717) is 0 Å². The van der Waals surface area contributed by atoms with Crippen LogP contribution in [0.2, 0.25) is 0 Å². The molecule has 0 radical (unpaired) electrons. The molecular weight excluding hydrogens is 174 g/mol. The van der Waals surface area contributed by atoms with Crippen molar-refractivity contribution in [3.05, 3.63) is 0 Å². The quantitative estimate of drug-likeness (QED) is 0.445. The zero-order chi connectivity index (χ0) is 9.56. The van der Waals surface area contributed by atoms with Crippen molar-refractivity contribution in [2.75, 3.05) is 6.61 Å². The van der Waals surface area contributed by atoms with E-state index in [0.717, 1.165) is 0 Å². The van der Waals surface area contributed by atoms with E-state index < -0.39 is 25.2 Å². The molecule has 0 heterocycles. The number of rotatable bonds is 5. The van der Waals surface area contributed by atoms with E-state index in [4.69, 9.17) is 10.2 Å². The summed E-state index contributed by atoms with van der Waals surface area (Å²) in [7, 11) is 0. The van der Waals surface area contributed by atoms with Crippen molar-refractivity contribution in [3.8, 4) is 0 Å². The average molecular weight is 184 g/mol. The maximum Gasteiger partial charge on any atom is 0.419 e. The normalized spacial score (nSPS) is 13.0. The van der Waals surface area contributed by atoms with Crippen LogP contribution < -0.4 is 10.9 Å². The molecule has 72 valence electrons. The van der Waals surface area contributed by atoms with Crippen molar-refractivity contribution in [2.45, 2.75) is 18.9 Å². The van der Waals surface area contributed by atoms with Crippen molar-refractivity contribution in [3.63, 3.8) is 0 Å². The first-order valence-electron chi connectivity index (χ1n) is 3.21. The molecule has 4 N–H and O–H groups in total. The van der Waals surface area contributed by atoms with Crippen molar-refractivity contribution in [2.24, 2.45) is 0 Å². The number of halogens is 2. The Hall–Kier alpha value is -0.950. The van der Waals surface area contributed by atoms with Gasteiger partial charge < -0.3 is 10.2 Å². The molecule has 0 aliphatic heterocycles. The Bertz CT molecular complexity index is 145. The fourth-order valence-corrected chi connectivity index (χ4v) is 0.555.